The second-order valence-electron chi connectivity index (χ2n) is 3.77. The Morgan fingerprint density at radius 2 is 1.93 bits per heavy atom. The maximum Gasteiger partial charge on any atom is 0.336 e. The molecule has 0 spiro atoms. The number of aromatic carboxylic acids is 1. The molecule has 1 aromatic heterocycles. The van der Waals surface area contributed by atoms with Crippen LogP contribution in [0, 0.1) is 0 Å². The van der Waals surface area contributed by atoms with E-state index in [-0.39, 0.29) is 0 Å². The Kier molecular flexibility index (Phi) is 2.87. The highest BCUT2D eigenvalue weighted by atomic mass is 32.1. The summed E-state index contributed by atoms with van der Waals surface area (Å²) >= 11 is 1.62. The quantitative estimate of drug-likeness (QED) is 0.773. The van der Waals surface area contributed by atoms with Gasteiger partial charge in [-0.05, 0) is 31.2 Å². The molecule has 0 aromatic carbocycles. The Balaban J connectivity index is 2.33. The van der Waals surface area contributed by atoms with Crippen LogP contribution in [-0.2, 0) is 12.8 Å². The summed E-state index contributed by atoms with van der Waals surface area (Å²) in [7, 11) is 0. The fourth-order valence-electron chi connectivity index (χ4n) is 2.03. The summed E-state index contributed by atoms with van der Waals surface area (Å²) < 4.78 is 0. The van der Waals surface area contributed by atoms with Gasteiger partial charge in [0.25, 0.3) is 0 Å². The molecule has 2 rings (SSSR count). The van der Waals surface area contributed by atoms with Crippen molar-refractivity contribution in [3.8, 4) is 0 Å². The van der Waals surface area contributed by atoms with Crippen molar-refractivity contribution in [3.05, 3.63) is 21.4 Å². The van der Waals surface area contributed by atoms with E-state index in [2.05, 4.69) is 0 Å². The van der Waals surface area contributed by atoms with Crippen LogP contribution < -0.4 is 0 Å². The Bertz CT molecular complexity index is 341. The molecular weight excluding hydrogens is 196 g/mol. The average molecular weight is 210 g/mol. The minimum absolute atomic E-state index is 0.548. The van der Waals surface area contributed by atoms with Gasteiger partial charge in [-0.25, -0.2) is 4.79 Å². The van der Waals surface area contributed by atoms with Gasteiger partial charge in [0.1, 0.15) is 0 Å². The van der Waals surface area contributed by atoms with Crippen LogP contribution in [0.15, 0.2) is 5.38 Å². The van der Waals surface area contributed by atoms with Gasteiger partial charge in [-0.1, -0.05) is 12.8 Å². The first-order valence-corrected chi connectivity index (χ1v) is 5.99. The number of carboxylic acids is 1. The highest BCUT2D eigenvalue weighted by Gasteiger charge is 2.17. The summed E-state index contributed by atoms with van der Waals surface area (Å²) in [5.41, 5.74) is 1.66. The van der Waals surface area contributed by atoms with E-state index < -0.39 is 5.97 Å². The van der Waals surface area contributed by atoms with E-state index in [1.807, 2.05) is 0 Å². The molecule has 76 valence electrons. The Hall–Kier alpha value is -0.830. The lowest BCUT2D eigenvalue weighted by molar-refractivity contribution is 0.0696. The second kappa shape index (κ2) is 4.13. The van der Waals surface area contributed by atoms with Gasteiger partial charge in [0.2, 0.25) is 0 Å². The zero-order valence-electron chi connectivity index (χ0n) is 8.08. The molecule has 1 heterocycles. The molecule has 1 aliphatic carbocycles. The smallest absolute Gasteiger partial charge is 0.336 e. The number of aryl methyl sites for hydroxylation is 1. The van der Waals surface area contributed by atoms with Crippen LogP contribution in [0.5, 0.6) is 0 Å². The molecule has 0 saturated heterocycles. The number of thiophene rings is 1. The lowest BCUT2D eigenvalue weighted by atomic mass is 9.97. The van der Waals surface area contributed by atoms with Gasteiger partial charge in [-0.3, -0.25) is 0 Å². The van der Waals surface area contributed by atoms with Crippen molar-refractivity contribution in [2.24, 2.45) is 0 Å². The molecule has 0 unspecified atom stereocenters. The maximum atomic E-state index is 10.9. The lowest BCUT2D eigenvalue weighted by Gasteiger charge is -2.09. The Labute approximate surface area is 87.6 Å². The summed E-state index contributed by atoms with van der Waals surface area (Å²) in [6.45, 7) is 0. The number of hydrogen-bond donors (Lipinski definition) is 1. The van der Waals surface area contributed by atoms with Crippen molar-refractivity contribution in [1.82, 2.24) is 0 Å². The van der Waals surface area contributed by atoms with E-state index in [1.54, 1.807) is 16.7 Å². The molecule has 14 heavy (non-hydrogen) atoms. The number of rotatable bonds is 1. The topological polar surface area (TPSA) is 37.3 Å². The minimum Gasteiger partial charge on any atom is -0.478 e. The zero-order chi connectivity index (χ0) is 9.97. The lowest BCUT2D eigenvalue weighted by Crippen LogP contribution is -2.03. The third-order valence-corrected chi connectivity index (χ3v) is 3.88. The second-order valence-corrected chi connectivity index (χ2v) is 4.73. The number of carbonyl (C=O) groups is 1. The van der Waals surface area contributed by atoms with Crippen LogP contribution in [0.2, 0.25) is 0 Å². The number of hydrogen-bond acceptors (Lipinski definition) is 2. The number of fused-ring (bicyclic) bond motifs is 1. The first-order valence-electron chi connectivity index (χ1n) is 5.11. The van der Waals surface area contributed by atoms with Crippen molar-refractivity contribution in [1.29, 1.82) is 0 Å². The molecule has 0 saturated carbocycles. The van der Waals surface area contributed by atoms with E-state index in [0.29, 0.717) is 5.56 Å². The van der Waals surface area contributed by atoms with E-state index in [4.69, 9.17) is 5.11 Å². The van der Waals surface area contributed by atoms with Gasteiger partial charge in [0.05, 0.1) is 5.56 Å². The molecule has 0 atom stereocenters. The highest BCUT2D eigenvalue weighted by molar-refractivity contribution is 7.10. The summed E-state index contributed by atoms with van der Waals surface area (Å²) in [5.74, 6) is -0.761. The zero-order valence-corrected chi connectivity index (χ0v) is 8.90. The molecular formula is C11H14O2S. The third-order valence-electron chi connectivity index (χ3n) is 2.79. The maximum absolute atomic E-state index is 10.9. The predicted octanol–water partition coefficient (Wildman–Crippen LogP) is 3.11. The Morgan fingerprint density at radius 1 is 1.21 bits per heavy atom. The predicted molar refractivity (Wildman–Crippen MR) is 57.2 cm³/mol. The summed E-state index contributed by atoms with van der Waals surface area (Å²) in [6.07, 6.45) is 6.93. The number of carboxylic acid groups (broad SMARTS) is 1. The van der Waals surface area contributed by atoms with Crippen LogP contribution in [-0.4, -0.2) is 11.1 Å². The average Bonchev–Trinajstić information content (AvgIpc) is 2.47. The van der Waals surface area contributed by atoms with E-state index in [1.165, 1.54) is 24.1 Å². The molecule has 1 N–H and O–H groups in total. The van der Waals surface area contributed by atoms with Crippen LogP contribution in [0.25, 0.3) is 0 Å². The van der Waals surface area contributed by atoms with E-state index in [0.717, 1.165) is 24.8 Å². The Morgan fingerprint density at radius 3 is 2.64 bits per heavy atom. The van der Waals surface area contributed by atoms with Gasteiger partial charge in [-0.2, -0.15) is 0 Å². The van der Waals surface area contributed by atoms with Crippen molar-refractivity contribution in [2.75, 3.05) is 0 Å². The van der Waals surface area contributed by atoms with Crippen LogP contribution in [0.3, 0.4) is 0 Å². The monoisotopic (exact) mass is 210 g/mol. The SMILES string of the molecule is O=C(O)c1csc2c1CCCCCC2. The van der Waals surface area contributed by atoms with Gasteiger partial charge in [-0.15, -0.1) is 11.3 Å². The van der Waals surface area contributed by atoms with E-state index >= 15 is 0 Å². The van der Waals surface area contributed by atoms with Gasteiger partial charge in [0.15, 0.2) is 0 Å². The van der Waals surface area contributed by atoms with Crippen molar-refractivity contribution in [2.45, 2.75) is 38.5 Å². The molecule has 0 radical (unpaired) electrons. The highest BCUT2D eigenvalue weighted by Crippen LogP contribution is 2.28. The first-order chi connectivity index (χ1) is 6.79. The fraction of sp³-hybridized carbons (Fsp3) is 0.545. The van der Waals surface area contributed by atoms with Gasteiger partial charge >= 0.3 is 5.97 Å². The van der Waals surface area contributed by atoms with Crippen LogP contribution in [0.1, 0.15) is 46.5 Å². The van der Waals surface area contributed by atoms with Crippen LogP contribution >= 0.6 is 11.3 Å². The molecule has 1 aromatic rings. The summed E-state index contributed by atoms with van der Waals surface area (Å²) in [4.78, 5) is 12.2. The summed E-state index contributed by atoms with van der Waals surface area (Å²) in [6, 6.07) is 0. The third kappa shape index (κ3) is 1.82. The fourth-order valence-corrected chi connectivity index (χ4v) is 3.15. The van der Waals surface area contributed by atoms with Crippen molar-refractivity contribution < 1.29 is 9.90 Å². The minimum atomic E-state index is -0.761. The van der Waals surface area contributed by atoms with Gasteiger partial charge in [0, 0.05) is 10.3 Å². The molecule has 0 bridgehead atoms. The molecule has 3 heteroatoms. The van der Waals surface area contributed by atoms with Gasteiger partial charge < -0.3 is 5.11 Å². The van der Waals surface area contributed by atoms with Crippen molar-refractivity contribution >= 4 is 17.3 Å². The molecule has 1 aliphatic rings. The van der Waals surface area contributed by atoms with Crippen molar-refractivity contribution in [3.63, 3.8) is 0 Å². The largest absolute Gasteiger partial charge is 0.478 e. The normalized spacial score (nSPS) is 16.9. The first kappa shape index (κ1) is 9.71. The standard InChI is InChI=1S/C11H14O2S/c12-11(13)9-7-14-10-6-4-2-1-3-5-8(9)10/h7H,1-6H2,(H,12,13). The summed E-state index contributed by atoms with van der Waals surface area (Å²) in [5, 5.41) is 10.8. The van der Waals surface area contributed by atoms with E-state index in [9.17, 15) is 4.79 Å². The molecule has 0 aliphatic heterocycles. The molecule has 0 fully saturated rings. The molecule has 0 amide bonds. The molecule has 2 nitrogen and oxygen atoms in total. The van der Waals surface area contributed by atoms with Crippen LogP contribution in [0.4, 0.5) is 0 Å².